The lowest BCUT2D eigenvalue weighted by molar-refractivity contribution is 0.0488. The van der Waals surface area contributed by atoms with E-state index in [1.165, 1.54) is 7.11 Å². The van der Waals surface area contributed by atoms with Crippen LogP contribution in [-0.4, -0.2) is 36.9 Å². The topological polar surface area (TPSA) is 76.7 Å². The first-order chi connectivity index (χ1) is 12.3. The zero-order valence-electron chi connectivity index (χ0n) is 16.1. The van der Waals surface area contributed by atoms with E-state index in [1.54, 1.807) is 6.07 Å². The Bertz CT molecular complexity index is 616. The van der Waals surface area contributed by atoms with Gasteiger partial charge in [-0.15, -0.1) is 0 Å². The molecule has 1 aliphatic rings. The summed E-state index contributed by atoms with van der Waals surface area (Å²) in [5, 5.41) is 6.49. The maximum absolute atomic E-state index is 11.8. The van der Waals surface area contributed by atoms with E-state index in [9.17, 15) is 9.59 Å². The van der Waals surface area contributed by atoms with Crippen LogP contribution in [-0.2, 0) is 16.0 Å². The fraction of sp³-hybridized carbons (Fsp3) is 0.600. The van der Waals surface area contributed by atoms with E-state index in [1.807, 2.05) is 39.0 Å². The molecule has 0 spiro atoms. The van der Waals surface area contributed by atoms with Gasteiger partial charge in [-0.1, -0.05) is 12.1 Å². The quantitative estimate of drug-likeness (QED) is 0.785. The average molecular weight is 362 g/mol. The molecule has 6 nitrogen and oxygen atoms in total. The smallest absolute Gasteiger partial charge is 0.407 e. The highest BCUT2D eigenvalue weighted by Gasteiger charge is 2.24. The lowest BCUT2D eigenvalue weighted by Gasteiger charge is -2.30. The Labute approximate surface area is 155 Å². The minimum atomic E-state index is -0.471. The number of carbonyl (C=O) groups is 2. The molecule has 1 aromatic rings. The lowest BCUT2D eigenvalue weighted by atomic mass is 9.91. The van der Waals surface area contributed by atoms with Crippen molar-refractivity contribution in [2.75, 3.05) is 7.11 Å². The van der Waals surface area contributed by atoms with Crippen LogP contribution in [0.3, 0.4) is 0 Å². The molecule has 1 saturated carbocycles. The standard InChI is InChI=1S/C20H30N2O4/c1-20(2,3)26-19(24)22-17-10-8-16(9-11-17)21-13-14-6-5-7-15(12-14)18(23)25-4/h5-7,12,16-17,21H,8-11,13H2,1-4H3,(H,22,24). The van der Waals surface area contributed by atoms with Crippen molar-refractivity contribution in [2.45, 2.75) is 70.7 Å². The Kier molecular flexibility index (Phi) is 7.03. The van der Waals surface area contributed by atoms with Crippen LogP contribution < -0.4 is 10.6 Å². The van der Waals surface area contributed by atoms with Gasteiger partial charge in [-0.25, -0.2) is 9.59 Å². The van der Waals surface area contributed by atoms with Crippen molar-refractivity contribution in [3.05, 3.63) is 35.4 Å². The molecule has 0 saturated heterocycles. The van der Waals surface area contributed by atoms with Crippen molar-refractivity contribution in [1.82, 2.24) is 10.6 Å². The summed E-state index contributed by atoms with van der Waals surface area (Å²) in [5.41, 5.74) is 1.15. The van der Waals surface area contributed by atoms with Gasteiger partial charge < -0.3 is 20.1 Å². The number of esters is 1. The molecule has 1 fully saturated rings. The number of rotatable bonds is 5. The van der Waals surface area contributed by atoms with Gasteiger partial charge in [0.15, 0.2) is 0 Å². The number of ether oxygens (including phenoxy) is 2. The summed E-state index contributed by atoms with van der Waals surface area (Å²) >= 11 is 0. The molecule has 1 aromatic carbocycles. The molecule has 0 atom stereocenters. The van der Waals surface area contributed by atoms with E-state index >= 15 is 0 Å². The van der Waals surface area contributed by atoms with E-state index in [-0.39, 0.29) is 18.1 Å². The molecule has 6 heteroatoms. The SMILES string of the molecule is COC(=O)c1cccc(CNC2CCC(NC(=O)OC(C)(C)C)CC2)c1. The number of nitrogens with one attached hydrogen (secondary N) is 2. The van der Waals surface area contributed by atoms with Crippen molar-refractivity contribution >= 4 is 12.1 Å². The summed E-state index contributed by atoms with van der Waals surface area (Å²) in [5.74, 6) is -0.319. The molecule has 26 heavy (non-hydrogen) atoms. The second-order valence-electron chi connectivity index (χ2n) is 7.77. The molecule has 1 aliphatic carbocycles. The highest BCUT2D eigenvalue weighted by Crippen LogP contribution is 2.20. The number of carbonyl (C=O) groups excluding carboxylic acids is 2. The van der Waals surface area contributed by atoms with Gasteiger partial charge in [-0.2, -0.15) is 0 Å². The lowest BCUT2D eigenvalue weighted by Crippen LogP contribution is -2.43. The van der Waals surface area contributed by atoms with E-state index in [0.717, 1.165) is 31.2 Å². The first kappa shape index (κ1) is 20.2. The number of alkyl carbamates (subject to hydrolysis) is 1. The van der Waals surface area contributed by atoms with Crippen molar-refractivity contribution in [3.63, 3.8) is 0 Å². The molecule has 0 radical (unpaired) electrons. The summed E-state index contributed by atoms with van der Waals surface area (Å²) in [6.45, 7) is 6.30. The third-order valence-corrected chi connectivity index (χ3v) is 4.39. The largest absolute Gasteiger partial charge is 0.465 e. The van der Waals surface area contributed by atoms with E-state index in [0.29, 0.717) is 18.2 Å². The van der Waals surface area contributed by atoms with Crippen molar-refractivity contribution < 1.29 is 19.1 Å². The third-order valence-electron chi connectivity index (χ3n) is 4.39. The third kappa shape index (κ3) is 6.67. The number of methoxy groups -OCH3 is 1. The Balaban J connectivity index is 1.74. The molecular weight excluding hydrogens is 332 g/mol. The molecule has 0 aromatic heterocycles. The number of benzene rings is 1. The Hall–Kier alpha value is -2.08. The zero-order valence-corrected chi connectivity index (χ0v) is 16.1. The molecule has 0 bridgehead atoms. The van der Waals surface area contributed by atoms with E-state index in [4.69, 9.17) is 9.47 Å². The summed E-state index contributed by atoms with van der Waals surface area (Å²) in [7, 11) is 1.39. The molecule has 144 valence electrons. The monoisotopic (exact) mass is 362 g/mol. The highest BCUT2D eigenvalue weighted by atomic mass is 16.6. The summed E-state index contributed by atoms with van der Waals surface area (Å²) in [4.78, 5) is 23.4. The normalized spacial score (nSPS) is 20.3. The summed E-state index contributed by atoms with van der Waals surface area (Å²) in [6.07, 6.45) is 3.51. The predicted molar refractivity (Wildman–Crippen MR) is 100 cm³/mol. The van der Waals surface area contributed by atoms with Gasteiger partial charge in [0.25, 0.3) is 0 Å². The van der Waals surface area contributed by atoms with Crippen molar-refractivity contribution in [1.29, 1.82) is 0 Å². The van der Waals surface area contributed by atoms with Crippen LogP contribution in [0.5, 0.6) is 0 Å². The molecule has 0 unspecified atom stereocenters. The average Bonchev–Trinajstić information content (AvgIpc) is 2.59. The van der Waals surface area contributed by atoms with Crippen molar-refractivity contribution in [2.24, 2.45) is 0 Å². The van der Waals surface area contributed by atoms with Crippen LogP contribution in [0, 0.1) is 0 Å². The first-order valence-corrected chi connectivity index (χ1v) is 9.17. The number of hydrogen-bond acceptors (Lipinski definition) is 5. The molecular formula is C20H30N2O4. The van der Waals surface area contributed by atoms with Crippen LogP contribution >= 0.6 is 0 Å². The molecule has 2 rings (SSSR count). The van der Waals surface area contributed by atoms with Gasteiger partial charge >= 0.3 is 12.1 Å². The van der Waals surface area contributed by atoms with Gasteiger partial charge in [0.1, 0.15) is 5.60 Å². The van der Waals surface area contributed by atoms with Gasteiger partial charge in [0.05, 0.1) is 12.7 Å². The molecule has 0 aliphatic heterocycles. The van der Waals surface area contributed by atoms with E-state index in [2.05, 4.69) is 10.6 Å². The minimum absolute atomic E-state index is 0.172. The van der Waals surface area contributed by atoms with Crippen LogP contribution in [0.2, 0.25) is 0 Å². The van der Waals surface area contributed by atoms with Gasteiger partial charge in [0.2, 0.25) is 0 Å². The highest BCUT2D eigenvalue weighted by molar-refractivity contribution is 5.89. The predicted octanol–water partition coefficient (Wildman–Crippen LogP) is 3.40. The van der Waals surface area contributed by atoms with Crippen molar-refractivity contribution in [3.8, 4) is 0 Å². The van der Waals surface area contributed by atoms with Crippen LogP contribution in [0.25, 0.3) is 0 Å². The van der Waals surface area contributed by atoms with Crippen LogP contribution in [0.1, 0.15) is 62.4 Å². The zero-order chi connectivity index (χ0) is 19.2. The second-order valence-corrected chi connectivity index (χ2v) is 7.77. The van der Waals surface area contributed by atoms with Gasteiger partial charge in [-0.05, 0) is 64.2 Å². The second kappa shape index (κ2) is 9.03. The molecule has 0 heterocycles. The maximum atomic E-state index is 11.8. The molecule has 1 amide bonds. The fourth-order valence-corrected chi connectivity index (χ4v) is 3.10. The van der Waals surface area contributed by atoms with E-state index < -0.39 is 5.60 Å². The van der Waals surface area contributed by atoms with Gasteiger partial charge in [0, 0.05) is 18.6 Å². The first-order valence-electron chi connectivity index (χ1n) is 9.17. The van der Waals surface area contributed by atoms with Crippen LogP contribution in [0.4, 0.5) is 4.79 Å². The molecule has 2 N–H and O–H groups in total. The summed E-state index contributed by atoms with van der Waals surface area (Å²) in [6, 6.07) is 8.05. The number of amides is 1. The maximum Gasteiger partial charge on any atom is 0.407 e. The number of hydrogen-bond donors (Lipinski definition) is 2. The Morgan fingerprint density at radius 3 is 2.38 bits per heavy atom. The van der Waals surface area contributed by atoms with Gasteiger partial charge in [-0.3, -0.25) is 0 Å². The summed E-state index contributed by atoms with van der Waals surface area (Å²) < 4.78 is 10.1. The van der Waals surface area contributed by atoms with Crippen LogP contribution in [0.15, 0.2) is 24.3 Å². The minimum Gasteiger partial charge on any atom is -0.465 e. The Morgan fingerprint density at radius 1 is 1.12 bits per heavy atom. The Morgan fingerprint density at radius 2 is 1.77 bits per heavy atom. The fourth-order valence-electron chi connectivity index (χ4n) is 3.10.